The Kier molecular flexibility index (Phi) is 5.65. The van der Waals surface area contributed by atoms with Gasteiger partial charge in [-0.3, -0.25) is 4.79 Å². The van der Waals surface area contributed by atoms with Crippen molar-refractivity contribution in [2.24, 2.45) is 5.92 Å². The standard InChI is InChI=1S/C14H22N2O2/c1-10(2)13(9-18-4)16-12-7-5-6-11(8-12)14(17)15-3/h5-8,10,13,16H,9H2,1-4H3,(H,15,17). The van der Waals surface area contributed by atoms with Crippen LogP contribution in [0.15, 0.2) is 24.3 Å². The minimum Gasteiger partial charge on any atom is -0.383 e. The summed E-state index contributed by atoms with van der Waals surface area (Å²) in [4.78, 5) is 11.5. The summed E-state index contributed by atoms with van der Waals surface area (Å²) in [7, 11) is 3.32. The molecule has 0 aliphatic carbocycles. The Morgan fingerprint density at radius 3 is 2.67 bits per heavy atom. The molecule has 0 radical (unpaired) electrons. The van der Waals surface area contributed by atoms with E-state index in [2.05, 4.69) is 24.5 Å². The van der Waals surface area contributed by atoms with E-state index in [-0.39, 0.29) is 11.9 Å². The predicted octanol–water partition coefficient (Wildman–Crippen LogP) is 2.13. The lowest BCUT2D eigenvalue weighted by atomic mass is 10.0. The molecule has 0 aliphatic heterocycles. The average molecular weight is 250 g/mol. The number of hydrogen-bond acceptors (Lipinski definition) is 3. The van der Waals surface area contributed by atoms with E-state index in [0.717, 1.165) is 5.69 Å². The van der Waals surface area contributed by atoms with Crippen LogP contribution in [0.1, 0.15) is 24.2 Å². The van der Waals surface area contributed by atoms with Crippen LogP contribution in [-0.4, -0.2) is 32.7 Å². The van der Waals surface area contributed by atoms with Crippen LogP contribution >= 0.6 is 0 Å². The molecule has 0 spiro atoms. The van der Waals surface area contributed by atoms with Gasteiger partial charge >= 0.3 is 0 Å². The Bertz CT molecular complexity index is 391. The molecule has 1 rings (SSSR count). The highest BCUT2D eigenvalue weighted by Gasteiger charge is 2.13. The van der Waals surface area contributed by atoms with Gasteiger partial charge in [0.15, 0.2) is 0 Å². The average Bonchev–Trinajstić information content (AvgIpc) is 2.37. The Hall–Kier alpha value is -1.55. The second-order valence-corrected chi connectivity index (χ2v) is 4.61. The zero-order chi connectivity index (χ0) is 13.5. The van der Waals surface area contributed by atoms with Gasteiger partial charge in [-0.1, -0.05) is 19.9 Å². The minimum absolute atomic E-state index is 0.0773. The summed E-state index contributed by atoms with van der Waals surface area (Å²) >= 11 is 0. The van der Waals surface area contributed by atoms with Crippen LogP contribution in [0.3, 0.4) is 0 Å². The van der Waals surface area contributed by atoms with Crippen LogP contribution in [-0.2, 0) is 4.74 Å². The number of carbonyl (C=O) groups is 1. The maximum atomic E-state index is 11.5. The minimum atomic E-state index is -0.0773. The summed E-state index contributed by atoms with van der Waals surface area (Å²) in [5.74, 6) is 0.375. The Morgan fingerprint density at radius 1 is 1.39 bits per heavy atom. The number of anilines is 1. The number of methoxy groups -OCH3 is 1. The molecule has 1 unspecified atom stereocenters. The van der Waals surface area contributed by atoms with Gasteiger partial charge in [0.2, 0.25) is 0 Å². The van der Waals surface area contributed by atoms with Gasteiger partial charge < -0.3 is 15.4 Å². The summed E-state index contributed by atoms with van der Waals surface area (Å²) in [5.41, 5.74) is 1.59. The third-order valence-corrected chi connectivity index (χ3v) is 2.85. The Balaban J connectivity index is 2.80. The summed E-state index contributed by atoms with van der Waals surface area (Å²) in [5, 5.41) is 6.01. The third-order valence-electron chi connectivity index (χ3n) is 2.85. The molecule has 4 heteroatoms. The van der Waals surface area contributed by atoms with E-state index in [4.69, 9.17) is 4.74 Å². The summed E-state index contributed by atoms with van der Waals surface area (Å²) in [6.45, 7) is 4.92. The number of carbonyl (C=O) groups excluding carboxylic acids is 1. The molecule has 4 nitrogen and oxygen atoms in total. The van der Waals surface area contributed by atoms with E-state index in [1.807, 2.05) is 18.2 Å². The van der Waals surface area contributed by atoms with Crippen molar-refractivity contribution in [1.82, 2.24) is 5.32 Å². The number of benzene rings is 1. The quantitative estimate of drug-likeness (QED) is 0.813. The van der Waals surface area contributed by atoms with Crippen LogP contribution < -0.4 is 10.6 Å². The van der Waals surface area contributed by atoms with Crippen LogP contribution in [0.4, 0.5) is 5.69 Å². The molecule has 1 atom stereocenters. The first-order valence-electron chi connectivity index (χ1n) is 6.16. The van der Waals surface area contributed by atoms with Gasteiger partial charge in [0.05, 0.1) is 12.6 Å². The highest BCUT2D eigenvalue weighted by molar-refractivity contribution is 5.94. The van der Waals surface area contributed by atoms with Crippen molar-refractivity contribution < 1.29 is 9.53 Å². The molecule has 2 N–H and O–H groups in total. The number of rotatable bonds is 6. The van der Waals surface area contributed by atoms with E-state index in [9.17, 15) is 4.79 Å². The molecule has 0 bridgehead atoms. The zero-order valence-electron chi connectivity index (χ0n) is 11.5. The van der Waals surface area contributed by atoms with Crippen molar-refractivity contribution in [3.8, 4) is 0 Å². The van der Waals surface area contributed by atoms with E-state index in [1.54, 1.807) is 20.2 Å². The molecular weight excluding hydrogens is 228 g/mol. The normalized spacial score (nSPS) is 12.3. The van der Waals surface area contributed by atoms with Crippen LogP contribution in [0.25, 0.3) is 0 Å². The zero-order valence-corrected chi connectivity index (χ0v) is 11.5. The predicted molar refractivity (Wildman–Crippen MR) is 74.0 cm³/mol. The first-order chi connectivity index (χ1) is 8.58. The molecule has 1 aromatic carbocycles. The monoisotopic (exact) mass is 250 g/mol. The molecule has 0 fully saturated rings. The number of nitrogens with one attached hydrogen (secondary N) is 2. The fraction of sp³-hybridized carbons (Fsp3) is 0.500. The van der Waals surface area contributed by atoms with Crippen LogP contribution in [0.5, 0.6) is 0 Å². The van der Waals surface area contributed by atoms with E-state index < -0.39 is 0 Å². The molecular formula is C14H22N2O2. The molecule has 0 heterocycles. The third kappa shape index (κ3) is 4.04. The van der Waals surface area contributed by atoms with Crippen molar-refractivity contribution in [2.45, 2.75) is 19.9 Å². The van der Waals surface area contributed by atoms with Gasteiger partial charge in [-0.05, 0) is 24.1 Å². The number of ether oxygens (including phenoxy) is 1. The van der Waals surface area contributed by atoms with Crippen molar-refractivity contribution in [2.75, 3.05) is 26.1 Å². The largest absolute Gasteiger partial charge is 0.383 e. The van der Waals surface area contributed by atoms with Crippen LogP contribution in [0.2, 0.25) is 0 Å². The Labute approximate surface area is 109 Å². The summed E-state index contributed by atoms with van der Waals surface area (Å²) in [6.07, 6.45) is 0. The maximum absolute atomic E-state index is 11.5. The molecule has 1 aromatic rings. The van der Waals surface area contributed by atoms with Gasteiger partial charge in [0.1, 0.15) is 0 Å². The summed E-state index contributed by atoms with van der Waals surface area (Å²) in [6, 6.07) is 7.71. The summed E-state index contributed by atoms with van der Waals surface area (Å²) < 4.78 is 5.19. The van der Waals surface area contributed by atoms with Gasteiger partial charge in [0, 0.05) is 25.4 Å². The van der Waals surface area contributed by atoms with E-state index >= 15 is 0 Å². The Morgan fingerprint density at radius 2 is 2.11 bits per heavy atom. The molecule has 100 valence electrons. The number of hydrogen-bond donors (Lipinski definition) is 2. The number of amides is 1. The molecule has 1 amide bonds. The van der Waals surface area contributed by atoms with Crippen molar-refractivity contribution in [1.29, 1.82) is 0 Å². The van der Waals surface area contributed by atoms with Gasteiger partial charge in [-0.2, -0.15) is 0 Å². The SMILES string of the molecule is CNC(=O)c1cccc(NC(COC)C(C)C)c1. The molecule has 18 heavy (non-hydrogen) atoms. The van der Waals surface area contributed by atoms with Crippen molar-refractivity contribution in [3.05, 3.63) is 29.8 Å². The van der Waals surface area contributed by atoms with E-state index in [0.29, 0.717) is 18.1 Å². The molecule has 0 saturated carbocycles. The second-order valence-electron chi connectivity index (χ2n) is 4.61. The molecule has 0 aliphatic rings. The topological polar surface area (TPSA) is 50.4 Å². The second kappa shape index (κ2) is 7.01. The van der Waals surface area contributed by atoms with Gasteiger partial charge in [0.25, 0.3) is 5.91 Å². The lowest BCUT2D eigenvalue weighted by molar-refractivity contribution is 0.0963. The highest BCUT2D eigenvalue weighted by Crippen LogP contribution is 2.15. The molecule has 0 aromatic heterocycles. The maximum Gasteiger partial charge on any atom is 0.251 e. The highest BCUT2D eigenvalue weighted by atomic mass is 16.5. The van der Waals surface area contributed by atoms with Gasteiger partial charge in [-0.15, -0.1) is 0 Å². The first kappa shape index (κ1) is 14.5. The lowest BCUT2D eigenvalue weighted by Crippen LogP contribution is -2.30. The van der Waals surface area contributed by atoms with Crippen molar-refractivity contribution >= 4 is 11.6 Å². The first-order valence-corrected chi connectivity index (χ1v) is 6.16. The molecule has 0 saturated heterocycles. The smallest absolute Gasteiger partial charge is 0.251 e. The van der Waals surface area contributed by atoms with E-state index in [1.165, 1.54) is 0 Å². The van der Waals surface area contributed by atoms with Gasteiger partial charge in [-0.25, -0.2) is 0 Å². The van der Waals surface area contributed by atoms with Crippen molar-refractivity contribution in [3.63, 3.8) is 0 Å². The lowest BCUT2D eigenvalue weighted by Gasteiger charge is -2.23. The fourth-order valence-electron chi connectivity index (χ4n) is 1.69. The van der Waals surface area contributed by atoms with Crippen LogP contribution in [0, 0.1) is 5.92 Å². The fourth-order valence-corrected chi connectivity index (χ4v) is 1.69.